The minimum absolute atomic E-state index is 0.360. The van der Waals surface area contributed by atoms with Gasteiger partial charge >= 0.3 is 0 Å². The van der Waals surface area contributed by atoms with Crippen LogP contribution in [0.2, 0.25) is 0 Å². The van der Waals surface area contributed by atoms with Crippen LogP contribution in [0.3, 0.4) is 0 Å². The molecule has 3 aromatic carbocycles. The third-order valence-electron chi connectivity index (χ3n) is 5.84. The van der Waals surface area contributed by atoms with Gasteiger partial charge in [0.2, 0.25) is 5.91 Å². The van der Waals surface area contributed by atoms with Crippen molar-refractivity contribution in [3.05, 3.63) is 83.4 Å². The zero-order chi connectivity index (χ0) is 24.4. The number of allylic oxidation sites excluding steroid dienone is 1. The van der Waals surface area contributed by atoms with Gasteiger partial charge in [0.25, 0.3) is 0 Å². The molecule has 0 radical (unpaired) electrons. The summed E-state index contributed by atoms with van der Waals surface area (Å²) in [6.07, 6.45) is 3.19. The maximum absolute atomic E-state index is 13.8. The van der Waals surface area contributed by atoms with E-state index in [2.05, 4.69) is 5.32 Å². The van der Waals surface area contributed by atoms with E-state index in [-0.39, 0.29) is 11.7 Å². The van der Waals surface area contributed by atoms with E-state index in [9.17, 15) is 9.18 Å². The Kier molecular flexibility index (Phi) is 6.41. The second-order valence-electron chi connectivity index (χ2n) is 8.12. The van der Waals surface area contributed by atoms with Gasteiger partial charge in [-0.1, -0.05) is 18.2 Å². The Morgan fingerprint density at radius 2 is 1.85 bits per heavy atom. The van der Waals surface area contributed by atoms with E-state index in [4.69, 9.17) is 13.9 Å². The lowest BCUT2D eigenvalue weighted by molar-refractivity contribution is -0.111. The van der Waals surface area contributed by atoms with Gasteiger partial charge in [-0.2, -0.15) is 0 Å². The summed E-state index contributed by atoms with van der Waals surface area (Å²) in [6, 6.07) is 14.3. The van der Waals surface area contributed by atoms with Crippen molar-refractivity contribution >= 4 is 28.1 Å². The Hall–Kier alpha value is -4.06. The van der Waals surface area contributed by atoms with E-state index in [1.165, 1.54) is 12.1 Å². The van der Waals surface area contributed by atoms with Crippen LogP contribution in [0.15, 0.2) is 65.3 Å². The molecule has 0 aliphatic rings. The quantitative estimate of drug-likeness (QED) is 0.318. The highest BCUT2D eigenvalue weighted by Crippen LogP contribution is 2.41. The molecule has 5 nitrogen and oxygen atoms in total. The number of furan rings is 1. The van der Waals surface area contributed by atoms with Crippen LogP contribution in [0.25, 0.3) is 27.7 Å². The molecule has 6 heteroatoms. The van der Waals surface area contributed by atoms with Crippen LogP contribution in [0.5, 0.6) is 11.5 Å². The Balaban J connectivity index is 1.75. The number of hydrogen-bond acceptors (Lipinski definition) is 4. The first-order chi connectivity index (χ1) is 16.3. The van der Waals surface area contributed by atoms with Crippen molar-refractivity contribution in [3.63, 3.8) is 0 Å². The lowest BCUT2D eigenvalue weighted by atomic mass is 9.96. The molecule has 0 fully saturated rings. The molecule has 1 heterocycles. The fourth-order valence-corrected chi connectivity index (χ4v) is 4.01. The molecule has 0 aliphatic heterocycles. The number of methoxy groups -OCH3 is 2. The molecule has 0 unspecified atom stereocenters. The van der Waals surface area contributed by atoms with Crippen molar-refractivity contribution in [3.8, 4) is 22.6 Å². The predicted molar refractivity (Wildman–Crippen MR) is 133 cm³/mol. The summed E-state index contributed by atoms with van der Waals surface area (Å²) in [5.41, 5.74) is 5.79. The van der Waals surface area contributed by atoms with Gasteiger partial charge in [0.05, 0.1) is 20.5 Å². The number of carbonyl (C=O) groups is 1. The highest BCUT2D eigenvalue weighted by molar-refractivity contribution is 6.06. The molecule has 1 N–H and O–H groups in total. The minimum Gasteiger partial charge on any atom is -0.497 e. The predicted octanol–water partition coefficient (Wildman–Crippen LogP) is 6.91. The molecule has 4 aromatic rings. The molecule has 0 aliphatic carbocycles. The third-order valence-corrected chi connectivity index (χ3v) is 5.84. The molecular weight excluding hydrogens is 433 g/mol. The van der Waals surface area contributed by atoms with Crippen LogP contribution >= 0.6 is 0 Å². The lowest BCUT2D eigenvalue weighted by Crippen LogP contribution is -2.09. The minimum atomic E-state index is -0.369. The highest BCUT2D eigenvalue weighted by Gasteiger charge is 2.19. The topological polar surface area (TPSA) is 60.7 Å². The Morgan fingerprint density at radius 1 is 1.06 bits per heavy atom. The molecule has 1 aromatic heterocycles. The van der Waals surface area contributed by atoms with Gasteiger partial charge in [-0.15, -0.1) is 0 Å². The van der Waals surface area contributed by atoms with Gasteiger partial charge in [-0.05, 0) is 67.8 Å². The molecule has 34 heavy (non-hydrogen) atoms. The van der Waals surface area contributed by atoms with Crippen LogP contribution in [0.1, 0.15) is 23.6 Å². The first-order valence-electron chi connectivity index (χ1n) is 10.8. The monoisotopic (exact) mass is 459 g/mol. The third kappa shape index (κ3) is 4.39. The number of benzene rings is 3. The molecule has 174 valence electrons. The normalized spacial score (nSPS) is 11.5. The number of rotatable bonds is 6. The van der Waals surface area contributed by atoms with Crippen molar-refractivity contribution in [2.75, 3.05) is 19.5 Å². The largest absolute Gasteiger partial charge is 0.497 e. The zero-order valence-electron chi connectivity index (χ0n) is 19.8. The number of nitrogens with one attached hydrogen (secondary N) is 1. The Bertz CT molecular complexity index is 1420. The van der Waals surface area contributed by atoms with E-state index >= 15 is 0 Å². The number of hydrogen-bond donors (Lipinski definition) is 1. The number of fused-ring (bicyclic) bond motifs is 1. The highest BCUT2D eigenvalue weighted by atomic mass is 19.1. The number of halogens is 1. The number of ether oxygens (including phenoxy) is 2. The molecule has 0 saturated carbocycles. The fourth-order valence-electron chi connectivity index (χ4n) is 4.01. The summed E-state index contributed by atoms with van der Waals surface area (Å²) < 4.78 is 30.8. The van der Waals surface area contributed by atoms with E-state index in [0.717, 1.165) is 33.4 Å². The summed E-state index contributed by atoms with van der Waals surface area (Å²) in [4.78, 5) is 12.7. The zero-order valence-corrected chi connectivity index (χ0v) is 19.8. The number of anilines is 1. The van der Waals surface area contributed by atoms with Crippen LogP contribution in [0, 0.1) is 19.7 Å². The van der Waals surface area contributed by atoms with Crippen LogP contribution in [-0.2, 0) is 4.79 Å². The first-order valence-corrected chi connectivity index (χ1v) is 10.8. The molecule has 1 amide bonds. The summed E-state index contributed by atoms with van der Waals surface area (Å²) >= 11 is 0. The SMILES string of the molecule is COc1cccc(-c2coc3c(C)c(OC)c(/C(C)=C/C(=O)Nc4ccc(C)c(F)c4)cc23)c1. The van der Waals surface area contributed by atoms with Crippen molar-refractivity contribution in [2.24, 2.45) is 0 Å². The van der Waals surface area contributed by atoms with Gasteiger partial charge < -0.3 is 19.2 Å². The van der Waals surface area contributed by atoms with Gasteiger partial charge in [0, 0.05) is 33.8 Å². The van der Waals surface area contributed by atoms with E-state index < -0.39 is 0 Å². The number of carbonyl (C=O) groups excluding carboxylic acids is 1. The number of amides is 1. The molecular formula is C28H26FNO4. The fraction of sp³-hybridized carbons (Fsp3) is 0.179. The van der Waals surface area contributed by atoms with Crippen molar-refractivity contribution < 1.29 is 23.1 Å². The Labute approximate surface area is 197 Å². The van der Waals surface area contributed by atoms with E-state index in [0.29, 0.717) is 28.2 Å². The van der Waals surface area contributed by atoms with E-state index in [1.807, 2.05) is 44.2 Å². The second-order valence-corrected chi connectivity index (χ2v) is 8.12. The van der Waals surface area contributed by atoms with Gasteiger partial charge in [0.1, 0.15) is 22.9 Å². The lowest BCUT2D eigenvalue weighted by Gasteiger charge is -2.13. The van der Waals surface area contributed by atoms with Gasteiger partial charge in [0.15, 0.2) is 0 Å². The van der Waals surface area contributed by atoms with Crippen molar-refractivity contribution in [1.29, 1.82) is 0 Å². The van der Waals surface area contributed by atoms with Crippen molar-refractivity contribution in [2.45, 2.75) is 20.8 Å². The molecule has 0 saturated heterocycles. The van der Waals surface area contributed by atoms with Crippen molar-refractivity contribution in [1.82, 2.24) is 0 Å². The Morgan fingerprint density at radius 3 is 2.56 bits per heavy atom. The van der Waals surface area contributed by atoms with Gasteiger partial charge in [-0.3, -0.25) is 4.79 Å². The first kappa shape index (κ1) is 23.1. The van der Waals surface area contributed by atoms with Crippen LogP contribution in [-0.4, -0.2) is 20.1 Å². The second kappa shape index (κ2) is 9.43. The average Bonchev–Trinajstić information content (AvgIpc) is 3.25. The summed E-state index contributed by atoms with van der Waals surface area (Å²) in [6.45, 7) is 5.43. The smallest absolute Gasteiger partial charge is 0.248 e. The standard InChI is InChI=1S/C28H26FNO4/c1-16-9-10-20(13-25(16)29)30-26(31)11-17(2)22-14-23-24(19-7-6-8-21(12-19)32-4)15-34-28(23)18(3)27(22)33-5/h6-15H,1-5H3,(H,30,31)/b17-11+. The summed E-state index contributed by atoms with van der Waals surface area (Å²) in [5, 5.41) is 3.61. The maximum Gasteiger partial charge on any atom is 0.248 e. The molecule has 0 bridgehead atoms. The molecule has 4 rings (SSSR count). The van der Waals surface area contributed by atoms with Crippen LogP contribution < -0.4 is 14.8 Å². The summed E-state index contributed by atoms with van der Waals surface area (Å²) in [5.74, 6) is 0.645. The maximum atomic E-state index is 13.8. The summed E-state index contributed by atoms with van der Waals surface area (Å²) in [7, 11) is 3.22. The van der Waals surface area contributed by atoms with Crippen LogP contribution in [0.4, 0.5) is 10.1 Å². The van der Waals surface area contributed by atoms with E-state index in [1.54, 1.807) is 39.5 Å². The average molecular weight is 460 g/mol. The number of aryl methyl sites for hydroxylation is 2. The molecule has 0 atom stereocenters. The van der Waals surface area contributed by atoms with Gasteiger partial charge in [-0.25, -0.2) is 4.39 Å². The molecule has 0 spiro atoms.